The Hall–Kier alpha value is -1.06. The number of nitrogens with one attached hydrogen (secondary N) is 1. The fourth-order valence-electron chi connectivity index (χ4n) is 1.61. The molecule has 0 fully saturated rings. The maximum atomic E-state index is 13.3. The van der Waals surface area contributed by atoms with Gasteiger partial charge in [-0.1, -0.05) is 23.7 Å². The van der Waals surface area contributed by atoms with Crippen LogP contribution in [0, 0.1) is 12.7 Å². The summed E-state index contributed by atoms with van der Waals surface area (Å²) in [5.74, 6) is -0.260. The Morgan fingerprint density at radius 2 is 2.00 bits per heavy atom. The van der Waals surface area contributed by atoms with E-state index >= 15 is 0 Å². The number of hydrogen-bond donors (Lipinski definition) is 1. The van der Waals surface area contributed by atoms with Gasteiger partial charge in [0.1, 0.15) is 5.82 Å². The lowest BCUT2D eigenvalue weighted by Gasteiger charge is -2.09. The van der Waals surface area contributed by atoms with E-state index in [0.717, 1.165) is 16.8 Å². The molecule has 0 atom stereocenters. The first-order chi connectivity index (χ1) is 8.56. The highest BCUT2D eigenvalue weighted by molar-refractivity contribution is 9.10. The van der Waals surface area contributed by atoms with Gasteiger partial charge in [0.15, 0.2) is 0 Å². The van der Waals surface area contributed by atoms with Gasteiger partial charge in [-0.05, 0) is 58.2 Å². The van der Waals surface area contributed by atoms with Crippen LogP contribution in [0.2, 0.25) is 5.02 Å². The van der Waals surface area contributed by atoms with Gasteiger partial charge in [0.05, 0.1) is 15.2 Å². The van der Waals surface area contributed by atoms with Gasteiger partial charge < -0.3 is 5.32 Å². The highest BCUT2D eigenvalue weighted by atomic mass is 79.9. The van der Waals surface area contributed by atoms with Gasteiger partial charge in [0.2, 0.25) is 0 Å². The van der Waals surface area contributed by atoms with Crippen LogP contribution >= 0.6 is 27.5 Å². The third-order valence-corrected chi connectivity index (χ3v) is 3.55. The van der Waals surface area contributed by atoms with Gasteiger partial charge in [-0.3, -0.25) is 0 Å². The largest absolute Gasteiger partial charge is 0.380 e. The monoisotopic (exact) mass is 327 g/mol. The SMILES string of the molecule is Cc1ccc(NCc2ccc(Br)c(F)c2)c(Cl)c1. The Kier molecular flexibility index (Phi) is 4.25. The number of hydrogen-bond acceptors (Lipinski definition) is 1. The number of anilines is 1. The Morgan fingerprint density at radius 1 is 1.22 bits per heavy atom. The summed E-state index contributed by atoms with van der Waals surface area (Å²) in [5.41, 5.74) is 2.83. The number of benzene rings is 2. The standard InChI is InChI=1S/C14H12BrClFN/c1-9-2-5-14(12(16)6-9)18-8-10-3-4-11(15)13(17)7-10/h2-7,18H,8H2,1H3. The van der Waals surface area contributed by atoms with Crippen molar-refractivity contribution in [2.75, 3.05) is 5.32 Å². The molecule has 0 spiro atoms. The van der Waals surface area contributed by atoms with Crippen LogP contribution < -0.4 is 5.32 Å². The average Bonchev–Trinajstić information content (AvgIpc) is 2.32. The maximum absolute atomic E-state index is 13.3. The predicted octanol–water partition coefficient (Wildman–Crippen LogP) is 5.16. The lowest BCUT2D eigenvalue weighted by molar-refractivity contribution is 0.619. The quantitative estimate of drug-likeness (QED) is 0.820. The Bertz CT molecular complexity index is 572. The van der Waals surface area contributed by atoms with Crippen molar-refractivity contribution in [3.05, 3.63) is 62.8 Å². The van der Waals surface area contributed by atoms with Crippen molar-refractivity contribution in [2.24, 2.45) is 0 Å². The van der Waals surface area contributed by atoms with E-state index < -0.39 is 0 Å². The molecule has 4 heteroatoms. The van der Waals surface area contributed by atoms with E-state index in [1.165, 1.54) is 6.07 Å². The van der Waals surface area contributed by atoms with Gasteiger partial charge in [-0.2, -0.15) is 0 Å². The van der Waals surface area contributed by atoms with Crippen LogP contribution in [0.4, 0.5) is 10.1 Å². The Labute approximate surface area is 119 Å². The number of halogens is 3. The summed E-state index contributed by atoms with van der Waals surface area (Å²) >= 11 is 9.24. The second-order valence-electron chi connectivity index (χ2n) is 4.09. The van der Waals surface area contributed by atoms with Crippen LogP contribution in [-0.2, 0) is 6.54 Å². The molecule has 0 amide bonds. The van der Waals surface area contributed by atoms with Crippen LogP contribution in [-0.4, -0.2) is 0 Å². The van der Waals surface area contributed by atoms with E-state index in [2.05, 4.69) is 21.2 Å². The van der Waals surface area contributed by atoms with Crippen LogP contribution in [0.3, 0.4) is 0 Å². The molecule has 0 unspecified atom stereocenters. The number of aryl methyl sites for hydroxylation is 1. The smallest absolute Gasteiger partial charge is 0.137 e. The zero-order valence-electron chi connectivity index (χ0n) is 9.81. The minimum Gasteiger partial charge on any atom is -0.380 e. The minimum absolute atomic E-state index is 0.260. The van der Waals surface area contributed by atoms with E-state index in [0.29, 0.717) is 16.0 Å². The molecule has 2 aromatic rings. The third-order valence-electron chi connectivity index (χ3n) is 2.59. The van der Waals surface area contributed by atoms with Crippen molar-refractivity contribution < 1.29 is 4.39 Å². The first-order valence-electron chi connectivity index (χ1n) is 5.50. The van der Waals surface area contributed by atoms with Crippen molar-refractivity contribution >= 4 is 33.2 Å². The van der Waals surface area contributed by atoms with Crippen molar-refractivity contribution in [1.82, 2.24) is 0 Å². The first-order valence-corrected chi connectivity index (χ1v) is 6.67. The molecule has 0 heterocycles. The van der Waals surface area contributed by atoms with E-state index in [1.54, 1.807) is 6.07 Å². The summed E-state index contributed by atoms with van der Waals surface area (Å²) < 4.78 is 13.8. The van der Waals surface area contributed by atoms with E-state index in [1.807, 2.05) is 31.2 Å². The second kappa shape index (κ2) is 5.72. The molecule has 2 aromatic carbocycles. The Balaban J connectivity index is 2.09. The third kappa shape index (κ3) is 3.24. The fourth-order valence-corrected chi connectivity index (χ4v) is 2.16. The fraction of sp³-hybridized carbons (Fsp3) is 0.143. The van der Waals surface area contributed by atoms with Crippen LogP contribution in [0.15, 0.2) is 40.9 Å². The molecule has 2 rings (SSSR count). The molecule has 0 bridgehead atoms. The van der Waals surface area contributed by atoms with E-state index in [9.17, 15) is 4.39 Å². The topological polar surface area (TPSA) is 12.0 Å². The zero-order chi connectivity index (χ0) is 13.1. The summed E-state index contributed by atoms with van der Waals surface area (Å²) in [6.07, 6.45) is 0. The molecule has 0 saturated heterocycles. The van der Waals surface area contributed by atoms with Gasteiger partial charge in [0, 0.05) is 6.54 Å². The van der Waals surface area contributed by atoms with Gasteiger partial charge >= 0.3 is 0 Å². The summed E-state index contributed by atoms with van der Waals surface area (Å²) in [4.78, 5) is 0. The van der Waals surface area contributed by atoms with Crippen LogP contribution in [0.1, 0.15) is 11.1 Å². The molecule has 18 heavy (non-hydrogen) atoms. The molecule has 94 valence electrons. The van der Waals surface area contributed by atoms with E-state index in [4.69, 9.17) is 11.6 Å². The van der Waals surface area contributed by atoms with E-state index in [-0.39, 0.29) is 5.82 Å². The predicted molar refractivity (Wildman–Crippen MR) is 77.6 cm³/mol. The lowest BCUT2D eigenvalue weighted by atomic mass is 10.2. The van der Waals surface area contributed by atoms with Crippen molar-refractivity contribution in [3.8, 4) is 0 Å². The van der Waals surface area contributed by atoms with Crippen molar-refractivity contribution in [3.63, 3.8) is 0 Å². The second-order valence-corrected chi connectivity index (χ2v) is 5.35. The maximum Gasteiger partial charge on any atom is 0.137 e. The average molecular weight is 329 g/mol. The lowest BCUT2D eigenvalue weighted by Crippen LogP contribution is -2.00. The summed E-state index contributed by atoms with van der Waals surface area (Å²) in [6, 6.07) is 10.9. The molecule has 0 radical (unpaired) electrons. The molecule has 0 aliphatic rings. The highest BCUT2D eigenvalue weighted by Gasteiger charge is 2.03. The molecule has 0 saturated carbocycles. The first kappa shape index (κ1) is 13.4. The molecular formula is C14H12BrClFN. The Morgan fingerprint density at radius 3 is 2.67 bits per heavy atom. The number of rotatable bonds is 3. The van der Waals surface area contributed by atoms with Crippen molar-refractivity contribution in [2.45, 2.75) is 13.5 Å². The molecule has 1 nitrogen and oxygen atoms in total. The van der Waals surface area contributed by atoms with Gasteiger partial charge in [-0.25, -0.2) is 4.39 Å². The molecule has 0 aliphatic heterocycles. The summed E-state index contributed by atoms with van der Waals surface area (Å²) in [6.45, 7) is 2.52. The van der Waals surface area contributed by atoms with Gasteiger partial charge in [0.25, 0.3) is 0 Å². The molecule has 0 aromatic heterocycles. The zero-order valence-corrected chi connectivity index (χ0v) is 12.1. The summed E-state index contributed by atoms with van der Waals surface area (Å²) in [5, 5.41) is 3.86. The van der Waals surface area contributed by atoms with Crippen molar-refractivity contribution in [1.29, 1.82) is 0 Å². The minimum atomic E-state index is -0.260. The van der Waals surface area contributed by atoms with Gasteiger partial charge in [-0.15, -0.1) is 0 Å². The summed E-state index contributed by atoms with van der Waals surface area (Å²) in [7, 11) is 0. The van der Waals surface area contributed by atoms with Crippen LogP contribution in [0.25, 0.3) is 0 Å². The molecular weight excluding hydrogens is 317 g/mol. The molecule has 0 aliphatic carbocycles. The normalized spacial score (nSPS) is 10.4. The van der Waals surface area contributed by atoms with Crippen LogP contribution in [0.5, 0.6) is 0 Å². The highest BCUT2D eigenvalue weighted by Crippen LogP contribution is 2.24. The molecule has 1 N–H and O–H groups in total.